The summed E-state index contributed by atoms with van der Waals surface area (Å²) in [6.45, 7) is 1.74. The molecule has 0 aliphatic rings. The fourth-order valence-corrected chi connectivity index (χ4v) is 2.37. The summed E-state index contributed by atoms with van der Waals surface area (Å²) in [5.74, 6) is -1.65. The molecular formula is C11H13ClFNO4S2. The van der Waals surface area contributed by atoms with E-state index in [1.165, 1.54) is 6.26 Å². The molecule has 5 nitrogen and oxygen atoms in total. The quantitative estimate of drug-likeness (QED) is 0.817. The van der Waals surface area contributed by atoms with Gasteiger partial charge in [-0.25, -0.2) is 12.8 Å². The number of benzene rings is 1. The van der Waals surface area contributed by atoms with E-state index in [2.05, 4.69) is 5.32 Å². The first kappa shape index (κ1) is 17.1. The van der Waals surface area contributed by atoms with Crippen molar-refractivity contribution >= 4 is 36.4 Å². The van der Waals surface area contributed by atoms with Crippen LogP contribution in [0.1, 0.15) is 17.3 Å². The summed E-state index contributed by atoms with van der Waals surface area (Å²) in [6, 6.07) is 2.68. The molecule has 0 spiro atoms. The van der Waals surface area contributed by atoms with Gasteiger partial charge in [-0.05, 0) is 25.1 Å². The van der Waals surface area contributed by atoms with Crippen molar-refractivity contribution in [2.75, 3.05) is 12.8 Å². The van der Waals surface area contributed by atoms with Crippen molar-refractivity contribution in [1.82, 2.24) is 5.32 Å². The van der Waals surface area contributed by atoms with Gasteiger partial charge in [0.1, 0.15) is 5.82 Å². The van der Waals surface area contributed by atoms with Crippen LogP contribution in [0.15, 0.2) is 23.1 Å². The lowest BCUT2D eigenvalue weighted by Gasteiger charge is -2.10. The van der Waals surface area contributed by atoms with Crippen molar-refractivity contribution in [3.63, 3.8) is 0 Å². The zero-order valence-corrected chi connectivity index (χ0v) is 13.1. The molecule has 0 bridgehead atoms. The van der Waals surface area contributed by atoms with Crippen molar-refractivity contribution < 1.29 is 21.8 Å². The van der Waals surface area contributed by atoms with Crippen LogP contribution in [0.25, 0.3) is 0 Å². The number of carbonyl (C=O) groups excluding carboxylic acids is 1. The van der Waals surface area contributed by atoms with Crippen LogP contribution in [-0.2, 0) is 19.9 Å². The Labute approximate surface area is 123 Å². The Kier molecular flexibility index (Phi) is 5.67. The number of hydrogen-bond acceptors (Lipinski definition) is 4. The normalized spacial score (nSPS) is 14.6. The van der Waals surface area contributed by atoms with E-state index in [1.54, 1.807) is 6.92 Å². The highest BCUT2D eigenvalue weighted by molar-refractivity contribution is 8.13. The highest BCUT2D eigenvalue weighted by Gasteiger charge is 2.18. The minimum absolute atomic E-state index is 0.0826. The third-order valence-electron chi connectivity index (χ3n) is 2.58. The van der Waals surface area contributed by atoms with Crippen LogP contribution in [0.5, 0.6) is 0 Å². The van der Waals surface area contributed by atoms with Crippen LogP contribution in [-0.4, -0.2) is 36.6 Å². The van der Waals surface area contributed by atoms with Gasteiger partial charge in [-0.1, -0.05) is 0 Å². The summed E-state index contributed by atoms with van der Waals surface area (Å²) in [6.07, 6.45) is 1.48. The standard InChI is InChI=1S/C11H13ClFNO4S2/c1-7(19(2)16)6-14-11(15)9-5-8(20(12,17)18)3-4-10(9)13/h3-5,7H,6H2,1-2H3,(H,14,15). The van der Waals surface area contributed by atoms with Crippen LogP contribution in [0.3, 0.4) is 0 Å². The molecule has 2 atom stereocenters. The van der Waals surface area contributed by atoms with Crippen molar-refractivity contribution in [2.24, 2.45) is 0 Å². The number of rotatable bonds is 5. The van der Waals surface area contributed by atoms with E-state index in [0.717, 1.165) is 18.2 Å². The number of carbonyl (C=O) groups is 1. The van der Waals surface area contributed by atoms with E-state index >= 15 is 0 Å². The van der Waals surface area contributed by atoms with Gasteiger partial charge in [-0.2, -0.15) is 0 Å². The minimum atomic E-state index is -4.04. The van der Waals surface area contributed by atoms with Gasteiger partial charge in [0, 0.05) is 39.5 Å². The van der Waals surface area contributed by atoms with Gasteiger partial charge < -0.3 is 5.32 Å². The average molecular weight is 342 g/mol. The van der Waals surface area contributed by atoms with E-state index in [-0.39, 0.29) is 16.7 Å². The fraction of sp³-hybridized carbons (Fsp3) is 0.364. The summed E-state index contributed by atoms with van der Waals surface area (Å²) < 4.78 is 47.0. The van der Waals surface area contributed by atoms with Gasteiger partial charge in [-0.3, -0.25) is 9.00 Å². The molecule has 0 saturated carbocycles. The molecule has 1 aromatic carbocycles. The van der Waals surface area contributed by atoms with Crippen LogP contribution >= 0.6 is 10.7 Å². The Balaban J connectivity index is 2.96. The molecule has 1 aromatic rings. The number of hydrogen-bond donors (Lipinski definition) is 1. The second-order valence-electron chi connectivity index (χ2n) is 4.10. The van der Waals surface area contributed by atoms with Crippen molar-refractivity contribution in [2.45, 2.75) is 17.1 Å². The van der Waals surface area contributed by atoms with Gasteiger partial charge in [-0.15, -0.1) is 0 Å². The Morgan fingerprint density at radius 1 is 1.50 bits per heavy atom. The molecule has 1 rings (SSSR count). The molecule has 9 heteroatoms. The van der Waals surface area contributed by atoms with Crippen LogP contribution < -0.4 is 5.32 Å². The van der Waals surface area contributed by atoms with E-state index in [4.69, 9.17) is 10.7 Å². The summed E-state index contributed by atoms with van der Waals surface area (Å²) >= 11 is 0. The lowest BCUT2D eigenvalue weighted by Crippen LogP contribution is -2.33. The maximum Gasteiger partial charge on any atom is 0.261 e. The lowest BCUT2D eigenvalue weighted by molar-refractivity contribution is 0.0950. The van der Waals surface area contributed by atoms with E-state index in [1.807, 2.05) is 0 Å². The van der Waals surface area contributed by atoms with Crippen LogP contribution in [0, 0.1) is 5.82 Å². The summed E-state index contributed by atoms with van der Waals surface area (Å²) in [5.41, 5.74) is -0.430. The van der Waals surface area contributed by atoms with Crippen molar-refractivity contribution in [3.8, 4) is 0 Å². The minimum Gasteiger partial charge on any atom is -0.351 e. The van der Waals surface area contributed by atoms with E-state index in [9.17, 15) is 21.8 Å². The molecule has 0 radical (unpaired) electrons. The molecule has 1 N–H and O–H groups in total. The molecule has 0 aliphatic heterocycles. The first-order valence-electron chi connectivity index (χ1n) is 5.47. The molecule has 0 heterocycles. The zero-order chi connectivity index (χ0) is 15.5. The largest absolute Gasteiger partial charge is 0.351 e. The number of halogens is 2. The Morgan fingerprint density at radius 3 is 2.60 bits per heavy atom. The fourth-order valence-electron chi connectivity index (χ4n) is 1.28. The molecular weight excluding hydrogens is 329 g/mol. The Hall–Kier alpha value is -0.990. The molecule has 2 unspecified atom stereocenters. The van der Waals surface area contributed by atoms with Gasteiger partial charge in [0.25, 0.3) is 15.0 Å². The molecule has 0 saturated heterocycles. The second kappa shape index (κ2) is 6.64. The maximum atomic E-state index is 13.5. The van der Waals surface area contributed by atoms with Crippen molar-refractivity contribution in [3.05, 3.63) is 29.6 Å². The summed E-state index contributed by atoms with van der Waals surface area (Å²) in [7, 11) is -0.0413. The molecule has 20 heavy (non-hydrogen) atoms. The topological polar surface area (TPSA) is 80.3 Å². The monoisotopic (exact) mass is 341 g/mol. The first-order chi connectivity index (χ1) is 9.12. The number of nitrogens with one attached hydrogen (secondary N) is 1. The van der Waals surface area contributed by atoms with Crippen LogP contribution in [0.4, 0.5) is 4.39 Å². The third kappa shape index (κ3) is 4.53. The molecule has 1 amide bonds. The van der Waals surface area contributed by atoms with E-state index < -0.39 is 37.1 Å². The number of amides is 1. The second-order valence-corrected chi connectivity index (χ2v) is 8.47. The summed E-state index contributed by atoms with van der Waals surface area (Å²) in [4.78, 5) is 11.4. The predicted molar refractivity (Wildman–Crippen MR) is 75.3 cm³/mol. The lowest BCUT2D eigenvalue weighted by atomic mass is 10.2. The Bertz CT molecular complexity index is 648. The van der Waals surface area contributed by atoms with Gasteiger partial charge in [0.2, 0.25) is 0 Å². The van der Waals surface area contributed by atoms with Gasteiger partial charge >= 0.3 is 0 Å². The molecule has 0 fully saturated rings. The average Bonchev–Trinajstić information content (AvgIpc) is 2.34. The van der Waals surface area contributed by atoms with E-state index in [0.29, 0.717) is 0 Å². The smallest absolute Gasteiger partial charge is 0.261 e. The molecule has 0 aromatic heterocycles. The Morgan fingerprint density at radius 2 is 2.10 bits per heavy atom. The maximum absolute atomic E-state index is 13.5. The highest BCUT2D eigenvalue weighted by atomic mass is 35.7. The van der Waals surface area contributed by atoms with Gasteiger partial charge in [0.15, 0.2) is 0 Å². The van der Waals surface area contributed by atoms with Crippen LogP contribution in [0.2, 0.25) is 0 Å². The third-order valence-corrected chi connectivity index (χ3v) is 5.23. The van der Waals surface area contributed by atoms with Crippen molar-refractivity contribution in [1.29, 1.82) is 0 Å². The SMILES string of the molecule is CC(CNC(=O)c1cc(S(=O)(=O)Cl)ccc1F)S(C)=O. The summed E-state index contributed by atoms with van der Waals surface area (Å²) in [5, 5.41) is 2.09. The molecule has 0 aliphatic carbocycles. The predicted octanol–water partition coefficient (Wildman–Crippen LogP) is 1.25. The highest BCUT2D eigenvalue weighted by Crippen LogP contribution is 2.18. The molecule has 112 valence electrons. The first-order valence-corrected chi connectivity index (χ1v) is 9.40. The zero-order valence-electron chi connectivity index (χ0n) is 10.7. The van der Waals surface area contributed by atoms with Gasteiger partial charge in [0.05, 0.1) is 10.5 Å².